The second-order valence-electron chi connectivity index (χ2n) is 8.98. The lowest BCUT2D eigenvalue weighted by atomic mass is 10.0. The van der Waals surface area contributed by atoms with Crippen molar-refractivity contribution in [1.29, 1.82) is 0 Å². The maximum Gasteiger partial charge on any atom is 0.417 e. The zero-order chi connectivity index (χ0) is 23.3. The van der Waals surface area contributed by atoms with Gasteiger partial charge in [-0.05, 0) is 49.8 Å². The smallest absolute Gasteiger partial charge is 0.350 e. The maximum atomic E-state index is 13.4. The maximum absolute atomic E-state index is 13.4. The summed E-state index contributed by atoms with van der Waals surface area (Å²) in [6, 6.07) is 4.77. The molecular weight excluding hydrogens is 435 g/mol. The minimum atomic E-state index is -4.60. The number of carbonyl (C=O) groups is 2. The van der Waals surface area contributed by atoms with Crippen LogP contribution in [0.4, 0.5) is 19.0 Å². The number of fused-ring (bicyclic) bond motifs is 3. The standard InChI is InChI=1S/C23H24F3N5O2/c1-13-17-10-15-12-30(22(33)16-4-2-3-5-18(16)23(24,25)26)8-9-31(15)20(17)29-28-19(13)21(32)27-11-14-6-7-14/h2-5,14-15H,6-12H2,1H3,(H,27,32). The van der Waals surface area contributed by atoms with Crippen LogP contribution in [0, 0.1) is 12.8 Å². The Morgan fingerprint density at radius 3 is 2.64 bits per heavy atom. The first kappa shape index (κ1) is 21.7. The van der Waals surface area contributed by atoms with Crippen molar-refractivity contribution >= 4 is 17.6 Å². The van der Waals surface area contributed by atoms with E-state index in [1.165, 1.54) is 23.1 Å². The molecule has 2 aliphatic heterocycles. The molecule has 5 rings (SSSR count). The number of anilines is 1. The van der Waals surface area contributed by atoms with Gasteiger partial charge < -0.3 is 15.1 Å². The minimum Gasteiger partial charge on any atom is -0.350 e. The van der Waals surface area contributed by atoms with Gasteiger partial charge in [-0.1, -0.05) is 12.1 Å². The quantitative estimate of drug-likeness (QED) is 0.761. The van der Waals surface area contributed by atoms with E-state index >= 15 is 0 Å². The van der Waals surface area contributed by atoms with Crippen molar-refractivity contribution in [1.82, 2.24) is 20.4 Å². The summed E-state index contributed by atoms with van der Waals surface area (Å²) in [5.41, 5.74) is 0.732. The van der Waals surface area contributed by atoms with E-state index in [0.717, 1.165) is 30.0 Å². The van der Waals surface area contributed by atoms with Crippen molar-refractivity contribution in [2.24, 2.45) is 5.92 Å². The number of nitrogens with one attached hydrogen (secondary N) is 1. The molecule has 33 heavy (non-hydrogen) atoms. The Hall–Kier alpha value is -3.17. The molecule has 1 unspecified atom stereocenters. The van der Waals surface area contributed by atoms with Gasteiger partial charge in [0.15, 0.2) is 11.5 Å². The van der Waals surface area contributed by atoms with Crippen molar-refractivity contribution < 1.29 is 22.8 Å². The van der Waals surface area contributed by atoms with Crippen LogP contribution in [0.15, 0.2) is 24.3 Å². The van der Waals surface area contributed by atoms with E-state index in [9.17, 15) is 22.8 Å². The van der Waals surface area contributed by atoms with E-state index in [-0.39, 0.29) is 30.6 Å². The van der Waals surface area contributed by atoms with E-state index in [2.05, 4.69) is 15.5 Å². The van der Waals surface area contributed by atoms with E-state index < -0.39 is 17.6 Å². The third-order valence-corrected chi connectivity index (χ3v) is 6.73. The average molecular weight is 459 g/mol. The Labute approximate surface area is 189 Å². The lowest BCUT2D eigenvalue weighted by Crippen LogP contribution is -2.54. The lowest BCUT2D eigenvalue weighted by molar-refractivity contribution is -0.138. The van der Waals surface area contributed by atoms with Crippen LogP contribution in [0.2, 0.25) is 0 Å². The number of rotatable bonds is 4. The number of benzene rings is 1. The Morgan fingerprint density at radius 1 is 1.15 bits per heavy atom. The molecule has 10 heteroatoms. The van der Waals surface area contributed by atoms with Gasteiger partial charge in [0.1, 0.15) is 0 Å². The molecule has 1 aromatic carbocycles. The van der Waals surface area contributed by atoms with Crippen molar-refractivity contribution in [2.75, 3.05) is 31.1 Å². The predicted molar refractivity (Wildman–Crippen MR) is 114 cm³/mol. The Balaban J connectivity index is 1.33. The lowest BCUT2D eigenvalue weighted by Gasteiger charge is -2.38. The molecule has 7 nitrogen and oxygen atoms in total. The summed E-state index contributed by atoms with van der Waals surface area (Å²) in [5.74, 6) is 0.386. The fraction of sp³-hybridized carbons (Fsp3) is 0.478. The predicted octanol–water partition coefficient (Wildman–Crippen LogP) is 2.83. The fourth-order valence-corrected chi connectivity index (χ4v) is 4.69. The third-order valence-electron chi connectivity index (χ3n) is 6.73. The number of hydrogen-bond acceptors (Lipinski definition) is 5. The van der Waals surface area contributed by atoms with Crippen molar-refractivity contribution in [2.45, 2.75) is 38.4 Å². The largest absolute Gasteiger partial charge is 0.417 e. The van der Waals surface area contributed by atoms with Crippen molar-refractivity contribution in [3.63, 3.8) is 0 Å². The number of aromatic nitrogens is 2. The van der Waals surface area contributed by atoms with Crippen LogP contribution in [-0.4, -0.2) is 59.1 Å². The molecule has 0 bridgehead atoms. The van der Waals surface area contributed by atoms with Crippen LogP contribution in [0.5, 0.6) is 0 Å². The number of alkyl halides is 3. The van der Waals surface area contributed by atoms with Crippen LogP contribution in [0.25, 0.3) is 0 Å². The molecule has 1 aromatic heterocycles. The molecule has 1 atom stereocenters. The van der Waals surface area contributed by atoms with Gasteiger partial charge in [0.05, 0.1) is 17.2 Å². The van der Waals surface area contributed by atoms with E-state index in [4.69, 9.17) is 0 Å². The number of nitrogens with zero attached hydrogens (tertiary/aromatic N) is 4. The molecule has 2 fully saturated rings. The highest BCUT2D eigenvalue weighted by atomic mass is 19.4. The average Bonchev–Trinajstić information content (AvgIpc) is 3.55. The molecule has 1 N–H and O–H groups in total. The van der Waals surface area contributed by atoms with Crippen LogP contribution in [0.1, 0.15) is 50.4 Å². The Morgan fingerprint density at radius 2 is 1.91 bits per heavy atom. The molecule has 1 saturated carbocycles. The van der Waals surface area contributed by atoms with Gasteiger partial charge in [0, 0.05) is 31.7 Å². The Kier molecular flexibility index (Phi) is 5.25. The summed E-state index contributed by atoms with van der Waals surface area (Å²) in [7, 11) is 0. The monoisotopic (exact) mass is 459 g/mol. The number of piperazine rings is 1. The summed E-state index contributed by atoms with van der Waals surface area (Å²) >= 11 is 0. The molecular formula is C23H24F3N5O2. The van der Waals surface area contributed by atoms with Crippen LogP contribution in [-0.2, 0) is 12.6 Å². The van der Waals surface area contributed by atoms with Crippen LogP contribution in [0.3, 0.4) is 0 Å². The van der Waals surface area contributed by atoms with Gasteiger partial charge in [0.2, 0.25) is 0 Å². The van der Waals surface area contributed by atoms with Gasteiger partial charge in [-0.25, -0.2) is 0 Å². The first-order valence-corrected chi connectivity index (χ1v) is 11.1. The zero-order valence-corrected chi connectivity index (χ0v) is 18.2. The number of amides is 2. The van der Waals surface area contributed by atoms with Crippen molar-refractivity contribution in [3.05, 3.63) is 52.2 Å². The molecule has 2 aromatic rings. The van der Waals surface area contributed by atoms with Crippen molar-refractivity contribution in [3.8, 4) is 0 Å². The number of hydrogen-bond donors (Lipinski definition) is 1. The summed E-state index contributed by atoms with van der Waals surface area (Å²) in [6.07, 6.45) is -1.77. The molecule has 1 aliphatic carbocycles. The highest BCUT2D eigenvalue weighted by Gasteiger charge is 2.41. The first-order valence-electron chi connectivity index (χ1n) is 11.1. The molecule has 0 spiro atoms. The molecule has 2 amide bonds. The van der Waals surface area contributed by atoms with Gasteiger partial charge in [-0.15, -0.1) is 10.2 Å². The Bertz CT molecular complexity index is 1120. The zero-order valence-electron chi connectivity index (χ0n) is 18.2. The fourth-order valence-electron chi connectivity index (χ4n) is 4.69. The van der Waals surface area contributed by atoms with Gasteiger partial charge in [-0.2, -0.15) is 13.2 Å². The van der Waals surface area contributed by atoms with E-state index in [0.29, 0.717) is 36.9 Å². The van der Waals surface area contributed by atoms with Crippen LogP contribution < -0.4 is 10.2 Å². The number of halogens is 3. The molecule has 1 saturated heterocycles. The van der Waals surface area contributed by atoms with Gasteiger partial charge in [0.25, 0.3) is 11.8 Å². The second kappa shape index (κ2) is 8.00. The highest BCUT2D eigenvalue weighted by Crippen LogP contribution is 2.36. The van der Waals surface area contributed by atoms with Crippen LogP contribution >= 0.6 is 0 Å². The molecule has 0 radical (unpaired) electrons. The van der Waals surface area contributed by atoms with Gasteiger partial charge in [-0.3, -0.25) is 9.59 Å². The summed E-state index contributed by atoms with van der Waals surface area (Å²) in [5, 5.41) is 11.4. The molecule has 3 aliphatic rings. The molecule has 174 valence electrons. The summed E-state index contributed by atoms with van der Waals surface area (Å²) < 4.78 is 40.2. The summed E-state index contributed by atoms with van der Waals surface area (Å²) in [6.45, 7) is 3.50. The van der Waals surface area contributed by atoms with E-state index in [1.807, 2.05) is 11.8 Å². The number of carbonyl (C=O) groups excluding carboxylic acids is 2. The first-order chi connectivity index (χ1) is 15.7. The normalized spacial score (nSPS) is 19.8. The molecule has 3 heterocycles. The minimum absolute atomic E-state index is 0.117. The topological polar surface area (TPSA) is 78.4 Å². The van der Waals surface area contributed by atoms with Gasteiger partial charge >= 0.3 is 6.18 Å². The van der Waals surface area contributed by atoms with E-state index in [1.54, 1.807) is 0 Å². The SMILES string of the molecule is Cc1c(C(=O)NCC2CC2)nnc2c1CC1CN(C(=O)c3ccccc3C(F)(F)F)CCN21. The second-order valence-corrected chi connectivity index (χ2v) is 8.98. The highest BCUT2D eigenvalue weighted by molar-refractivity contribution is 5.96. The summed E-state index contributed by atoms with van der Waals surface area (Å²) in [4.78, 5) is 29.1. The third kappa shape index (κ3) is 4.02.